The van der Waals surface area contributed by atoms with Crippen molar-refractivity contribution in [3.8, 4) is 0 Å². The predicted molar refractivity (Wildman–Crippen MR) is 84.9 cm³/mol. The summed E-state index contributed by atoms with van der Waals surface area (Å²) in [6, 6.07) is -0.886. The minimum atomic E-state index is -0.886. The van der Waals surface area contributed by atoms with Crippen LogP contribution in [0.15, 0.2) is 6.33 Å². The lowest BCUT2D eigenvalue weighted by Crippen LogP contribution is -2.46. The molecular formula is C15H25N5O4. The van der Waals surface area contributed by atoms with Crippen molar-refractivity contribution in [2.24, 2.45) is 0 Å². The molecule has 1 aromatic heterocycles. The molecule has 1 atom stereocenters. The van der Waals surface area contributed by atoms with Crippen LogP contribution in [0.2, 0.25) is 0 Å². The lowest BCUT2D eigenvalue weighted by molar-refractivity contribution is -0.157. The highest BCUT2D eigenvalue weighted by Crippen LogP contribution is 2.12. The molecule has 0 bridgehead atoms. The Kier molecular flexibility index (Phi) is 6.56. The van der Waals surface area contributed by atoms with Gasteiger partial charge in [0.25, 0.3) is 0 Å². The molecule has 1 amide bonds. The van der Waals surface area contributed by atoms with Crippen LogP contribution in [0.5, 0.6) is 0 Å². The van der Waals surface area contributed by atoms with Gasteiger partial charge in [0.05, 0.1) is 0 Å². The molecule has 0 aliphatic carbocycles. The van der Waals surface area contributed by atoms with Crippen molar-refractivity contribution >= 4 is 12.1 Å². The molecule has 0 aromatic carbocycles. The maximum atomic E-state index is 12.3. The fourth-order valence-electron chi connectivity index (χ4n) is 1.67. The Labute approximate surface area is 141 Å². The number of nitrogens with zero attached hydrogens (tertiary/aromatic N) is 4. The van der Waals surface area contributed by atoms with Crippen LogP contribution in [0.3, 0.4) is 0 Å². The van der Waals surface area contributed by atoms with Crippen LogP contribution in [0.4, 0.5) is 4.79 Å². The van der Waals surface area contributed by atoms with Crippen molar-refractivity contribution in [1.29, 1.82) is 0 Å². The first kappa shape index (κ1) is 19.7. The molecule has 0 saturated heterocycles. The number of nitrogens with one attached hydrogen (secondary N) is 1. The van der Waals surface area contributed by atoms with Gasteiger partial charge in [-0.15, -0.1) is 20.4 Å². The second-order valence-electron chi connectivity index (χ2n) is 7.23. The molecule has 0 radical (unpaired) electrons. The molecule has 24 heavy (non-hydrogen) atoms. The molecule has 134 valence electrons. The number of alkyl carbamates (subject to hydrolysis) is 1. The quantitative estimate of drug-likeness (QED) is 0.801. The predicted octanol–water partition coefficient (Wildman–Crippen LogP) is 1.43. The van der Waals surface area contributed by atoms with Crippen LogP contribution < -0.4 is 5.32 Å². The van der Waals surface area contributed by atoms with E-state index in [0.29, 0.717) is 12.2 Å². The lowest BCUT2D eigenvalue weighted by atomic mass is 10.1. The molecule has 0 fully saturated rings. The summed E-state index contributed by atoms with van der Waals surface area (Å²) in [4.78, 5) is 24.3. The highest BCUT2D eigenvalue weighted by atomic mass is 16.6. The molecular weight excluding hydrogens is 314 g/mol. The van der Waals surface area contributed by atoms with Gasteiger partial charge in [-0.2, -0.15) is 0 Å². The summed E-state index contributed by atoms with van der Waals surface area (Å²) in [7, 11) is 0. The van der Waals surface area contributed by atoms with Gasteiger partial charge in [-0.05, 0) is 48.0 Å². The second kappa shape index (κ2) is 7.98. The number of aryl methyl sites for hydroxylation is 1. The summed E-state index contributed by atoms with van der Waals surface area (Å²) in [5.74, 6) is -0.178. The average molecular weight is 339 g/mol. The molecule has 1 N–H and O–H groups in total. The number of rotatable bonds is 5. The number of esters is 1. The van der Waals surface area contributed by atoms with Crippen LogP contribution in [-0.2, 0) is 20.7 Å². The molecule has 1 aromatic rings. The minimum absolute atomic E-state index is 0.238. The molecule has 0 unspecified atom stereocenters. The Morgan fingerprint density at radius 1 is 1.04 bits per heavy atom. The standard InChI is InChI=1S/C15H25N5O4/c1-14(2,3)23-12(21)10(18-13(22)24-15(4,5)6)7-8-11-19-16-9-17-20-11/h9-10H,7-8H2,1-6H3,(H,18,22)/t10-/m0/s1. The summed E-state index contributed by atoms with van der Waals surface area (Å²) in [5.41, 5.74) is -1.34. The van der Waals surface area contributed by atoms with Crippen molar-refractivity contribution in [3.05, 3.63) is 12.2 Å². The molecule has 9 nitrogen and oxygen atoms in total. The minimum Gasteiger partial charge on any atom is -0.458 e. The summed E-state index contributed by atoms with van der Waals surface area (Å²) in [5, 5.41) is 17.4. The van der Waals surface area contributed by atoms with E-state index in [1.54, 1.807) is 41.5 Å². The van der Waals surface area contributed by atoms with Crippen LogP contribution >= 0.6 is 0 Å². The van der Waals surface area contributed by atoms with Crippen LogP contribution in [0.1, 0.15) is 53.8 Å². The van der Waals surface area contributed by atoms with Crippen molar-refractivity contribution < 1.29 is 19.1 Å². The Hall–Kier alpha value is -2.32. The maximum absolute atomic E-state index is 12.3. The molecule has 1 rings (SSSR count). The van der Waals surface area contributed by atoms with Crippen molar-refractivity contribution in [1.82, 2.24) is 25.7 Å². The topological polar surface area (TPSA) is 116 Å². The van der Waals surface area contributed by atoms with E-state index in [9.17, 15) is 9.59 Å². The maximum Gasteiger partial charge on any atom is 0.408 e. The largest absolute Gasteiger partial charge is 0.458 e. The molecule has 1 heterocycles. The fraction of sp³-hybridized carbons (Fsp3) is 0.733. The van der Waals surface area contributed by atoms with Crippen molar-refractivity contribution in [2.75, 3.05) is 0 Å². The molecule has 0 spiro atoms. The van der Waals surface area contributed by atoms with Gasteiger partial charge in [-0.25, -0.2) is 9.59 Å². The summed E-state index contributed by atoms with van der Waals surface area (Å²) >= 11 is 0. The van der Waals surface area contributed by atoms with Gasteiger partial charge in [0.2, 0.25) is 0 Å². The zero-order valence-electron chi connectivity index (χ0n) is 15.0. The molecule has 0 aliphatic heterocycles. The van der Waals surface area contributed by atoms with Crippen LogP contribution in [0.25, 0.3) is 0 Å². The number of aromatic nitrogens is 4. The second-order valence-corrected chi connectivity index (χ2v) is 7.23. The summed E-state index contributed by atoms with van der Waals surface area (Å²) in [6.45, 7) is 10.5. The van der Waals surface area contributed by atoms with Gasteiger partial charge in [0.15, 0.2) is 12.2 Å². The Bertz CT molecular complexity index is 551. The highest BCUT2D eigenvalue weighted by Gasteiger charge is 2.28. The smallest absolute Gasteiger partial charge is 0.408 e. The zero-order chi connectivity index (χ0) is 18.4. The lowest BCUT2D eigenvalue weighted by Gasteiger charge is -2.26. The summed E-state index contributed by atoms with van der Waals surface area (Å²) < 4.78 is 10.5. The van der Waals surface area contributed by atoms with E-state index in [2.05, 4.69) is 25.7 Å². The number of carbonyl (C=O) groups is 2. The SMILES string of the molecule is CC(C)(C)OC(=O)N[C@@H](CCc1nncnn1)C(=O)OC(C)(C)C. The van der Waals surface area contributed by atoms with Gasteiger partial charge >= 0.3 is 12.1 Å². The third-order valence-electron chi connectivity index (χ3n) is 2.49. The van der Waals surface area contributed by atoms with E-state index in [1.165, 1.54) is 6.33 Å². The monoisotopic (exact) mass is 339 g/mol. The van der Waals surface area contributed by atoms with Crippen molar-refractivity contribution in [3.63, 3.8) is 0 Å². The third-order valence-corrected chi connectivity index (χ3v) is 2.49. The normalized spacial score (nSPS) is 13.1. The highest BCUT2D eigenvalue weighted by molar-refractivity contribution is 5.81. The Morgan fingerprint density at radius 2 is 1.58 bits per heavy atom. The van der Waals surface area contributed by atoms with E-state index in [1.807, 2.05) is 0 Å². The molecule has 9 heteroatoms. The first-order valence-corrected chi connectivity index (χ1v) is 7.68. The van der Waals surface area contributed by atoms with Gasteiger partial charge in [-0.1, -0.05) is 0 Å². The number of hydrogen-bond donors (Lipinski definition) is 1. The Balaban J connectivity index is 2.75. The number of hydrogen-bond acceptors (Lipinski definition) is 8. The first-order valence-electron chi connectivity index (χ1n) is 7.68. The fourth-order valence-corrected chi connectivity index (χ4v) is 1.67. The van der Waals surface area contributed by atoms with E-state index >= 15 is 0 Å². The number of amides is 1. The first-order chi connectivity index (χ1) is 11.0. The van der Waals surface area contributed by atoms with E-state index < -0.39 is 29.3 Å². The van der Waals surface area contributed by atoms with Crippen LogP contribution in [0, 0.1) is 0 Å². The van der Waals surface area contributed by atoms with E-state index in [0.717, 1.165) is 0 Å². The molecule has 0 saturated carbocycles. The third kappa shape index (κ3) is 8.35. The van der Waals surface area contributed by atoms with Crippen LogP contribution in [-0.4, -0.2) is 49.7 Å². The molecule has 0 aliphatic rings. The zero-order valence-corrected chi connectivity index (χ0v) is 15.0. The average Bonchev–Trinajstić information content (AvgIpc) is 2.40. The van der Waals surface area contributed by atoms with Gasteiger partial charge < -0.3 is 14.8 Å². The van der Waals surface area contributed by atoms with Gasteiger partial charge in [0, 0.05) is 6.42 Å². The van der Waals surface area contributed by atoms with Gasteiger partial charge in [-0.3, -0.25) is 0 Å². The van der Waals surface area contributed by atoms with Gasteiger partial charge in [0.1, 0.15) is 17.2 Å². The number of ether oxygens (including phenoxy) is 2. The Morgan fingerprint density at radius 3 is 2.08 bits per heavy atom. The van der Waals surface area contributed by atoms with E-state index in [4.69, 9.17) is 9.47 Å². The van der Waals surface area contributed by atoms with E-state index in [-0.39, 0.29) is 6.42 Å². The number of carbonyl (C=O) groups excluding carboxylic acids is 2. The van der Waals surface area contributed by atoms with Crippen molar-refractivity contribution in [2.45, 2.75) is 71.6 Å². The summed E-state index contributed by atoms with van der Waals surface area (Å²) in [6.07, 6.45) is 1.07.